The molecule has 0 unspecified atom stereocenters. The zero-order chi connectivity index (χ0) is 19.5. The zero-order valence-corrected chi connectivity index (χ0v) is 15.4. The lowest BCUT2D eigenvalue weighted by atomic mass is 10.0. The summed E-state index contributed by atoms with van der Waals surface area (Å²) in [5, 5.41) is 4.73. The number of aryl methyl sites for hydroxylation is 1. The van der Waals surface area contributed by atoms with Crippen molar-refractivity contribution in [3.63, 3.8) is 0 Å². The topological polar surface area (TPSA) is 65.6 Å². The van der Waals surface area contributed by atoms with Crippen molar-refractivity contribution >= 4 is 11.5 Å². The minimum atomic E-state index is -0.343. The van der Waals surface area contributed by atoms with Gasteiger partial charge in [0.05, 0.1) is 19.0 Å². The van der Waals surface area contributed by atoms with E-state index in [0.29, 0.717) is 0 Å². The summed E-state index contributed by atoms with van der Waals surface area (Å²) in [6, 6.07) is 19.2. The minimum absolute atomic E-state index is 0.154. The molecule has 0 saturated carbocycles. The molecule has 0 bridgehead atoms. The number of esters is 1. The van der Waals surface area contributed by atoms with Crippen LogP contribution >= 0.6 is 0 Å². The van der Waals surface area contributed by atoms with E-state index in [1.165, 1.54) is 11.7 Å². The molecule has 0 saturated heterocycles. The van der Waals surface area contributed by atoms with Crippen LogP contribution in [0.1, 0.15) is 6.42 Å². The first-order chi connectivity index (χ1) is 13.7. The third kappa shape index (κ3) is 3.32. The standard InChI is InChI=1S/C22H19N3O3/c1-28-20(27)11-14-24-13-10-17(15-19(24)26)21-18-9-5-6-12-25(18)23-22(21)16-7-3-2-4-8-16/h2-10,12-13,15H,11,14H2,1H3. The van der Waals surface area contributed by atoms with Crippen LogP contribution in [0.4, 0.5) is 0 Å². The number of hydrogen-bond donors (Lipinski definition) is 0. The molecule has 3 aromatic heterocycles. The average molecular weight is 373 g/mol. The summed E-state index contributed by atoms with van der Waals surface area (Å²) in [7, 11) is 1.34. The molecule has 4 aromatic rings. The van der Waals surface area contributed by atoms with Crippen LogP contribution in [0.15, 0.2) is 77.9 Å². The van der Waals surface area contributed by atoms with Gasteiger partial charge >= 0.3 is 5.97 Å². The minimum Gasteiger partial charge on any atom is -0.469 e. The molecule has 0 radical (unpaired) electrons. The Labute approximate surface area is 161 Å². The Morgan fingerprint density at radius 3 is 2.54 bits per heavy atom. The average Bonchev–Trinajstić information content (AvgIpc) is 3.13. The monoisotopic (exact) mass is 373 g/mol. The van der Waals surface area contributed by atoms with Crippen molar-refractivity contribution in [2.75, 3.05) is 7.11 Å². The van der Waals surface area contributed by atoms with Crippen LogP contribution in [0.3, 0.4) is 0 Å². The van der Waals surface area contributed by atoms with Crippen LogP contribution in [0.5, 0.6) is 0 Å². The second-order valence-electron chi connectivity index (χ2n) is 6.39. The summed E-state index contributed by atoms with van der Waals surface area (Å²) in [4.78, 5) is 24.0. The number of rotatable bonds is 5. The lowest BCUT2D eigenvalue weighted by molar-refractivity contribution is -0.140. The van der Waals surface area contributed by atoms with Crippen LogP contribution in [-0.2, 0) is 16.1 Å². The SMILES string of the molecule is COC(=O)CCn1ccc(-c2c(-c3ccccc3)nn3ccccc23)cc1=O. The molecule has 4 rings (SSSR count). The van der Waals surface area contributed by atoms with Crippen molar-refractivity contribution in [2.24, 2.45) is 0 Å². The van der Waals surface area contributed by atoms with Gasteiger partial charge in [0.2, 0.25) is 0 Å². The molecule has 0 N–H and O–H groups in total. The number of methoxy groups -OCH3 is 1. The summed E-state index contributed by atoms with van der Waals surface area (Å²) in [5.74, 6) is -0.343. The summed E-state index contributed by atoms with van der Waals surface area (Å²) in [6.07, 6.45) is 3.76. The smallest absolute Gasteiger partial charge is 0.307 e. The molecule has 0 atom stereocenters. The van der Waals surface area contributed by atoms with E-state index in [0.717, 1.165) is 27.9 Å². The highest BCUT2D eigenvalue weighted by Crippen LogP contribution is 2.34. The number of pyridine rings is 2. The van der Waals surface area contributed by atoms with Gasteiger partial charge in [-0.2, -0.15) is 5.10 Å². The van der Waals surface area contributed by atoms with Crippen LogP contribution in [-0.4, -0.2) is 27.3 Å². The highest BCUT2D eigenvalue weighted by Gasteiger charge is 2.17. The maximum atomic E-state index is 12.6. The number of fused-ring (bicyclic) bond motifs is 1. The molecule has 0 aliphatic carbocycles. The highest BCUT2D eigenvalue weighted by atomic mass is 16.5. The molecule has 0 aliphatic heterocycles. The van der Waals surface area contributed by atoms with E-state index in [9.17, 15) is 9.59 Å². The lowest BCUT2D eigenvalue weighted by Gasteiger charge is -2.08. The van der Waals surface area contributed by atoms with Gasteiger partial charge in [-0.05, 0) is 23.8 Å². The molecule has 140 valence electrons. The Kier molecular flexibility index (Phi) is 4.76. The predicted octanol–water partition coefficient (Wildman–Crippen LogP) is 3.39. The van der Waals surface area contributed by atoms with Crippen LogP contribution in [0.2, 0.25) is 0 Å². The van der Waals surface area contributed by atoms with Crippen LogP contribution in [0, 0.1) is 0 Å². The number of nitrogens with zero attached hydrogens (tertiary/aromatic N) is 3. The predicted molar refractivity (Wildman–Crippen MR) is 107 cm³/mol. The number of hydrogen-bond acceptors (Lipinski definition) is 4. The first-order valence-electron chi connectivity index (χ1n) is 8.98. The third-order valence-electron chi connectivity index (χ3n) is 4.66. The van der Waals surface area contributed by atoms with E-state index in [1.807, 2.05) is 65.3 Å². The molecule has 0 fully saturated rings. The fraction of sp³-hybridized carbons (Fsp3) is 0.136. The van der Waals surface area contributed by atoms with Crippen molar-refractivity contribution in [2.45, 2.75) is 13.0 Å². The Morgan fingerprint density at radius 2 is 1.79 bits per heavy atom. The highest BCUT2D eigenvalue weighted by molar-refractivity contribution is 5.92. The second kappa shape index (κ2) is 7.52. The van der Waals surface area contributed by atoms with Gasteiger partial charge < -0.3 is 9.30 Å². The molecule has 0 amide bonds. The molecule has 3 heterocycles. The first kappa shape index (κ1) is 17.7. The van der Waals surface area contributed by atoms with Gasteiger partial charge in [0, 0.05) is 36.1 Å². The van der Waals surface area contributed by atoms with Gasteiger partial charge in [0.1, 0.15) is 5.69 Å². The van der Waals surface area contributed by atoms with Gasteiger partial charge in [-0.15, -0.1) is 0 Å². The van der Waals surface area contributed by atoms with E-state index in [-0.39, 0.29) is 24.5 Å². The van der Waals surface area contributed by atoms with E-state index < -0.39 is 0 Å². The molecule has 1 aromatic carbocycles. The molecule has 6 nitrogen and oxygen atoms in total. The first-order valence-corrected chi connectivity index (χ1v) is 8.98. The Balaban J connectivity index is 1.82. The number of ether oxygens (including phenoxy) is 1. The fourth-order valence-corrected chi connectivity index (χ4v) is 3.24. The summed E-state index contributed by atoms with van der Waals surface area (Å²) in [6.45, 7) is 0.284. The summed E-state index contributed by atoms with van der Waals surface area (Å²) >= 11 is 0. The Hall–Kier alpha value is -3.67. The van der Waals surface area contributed by atoms with Crippen molar-refractivity contribution in [1.29, 1.82) is 0 Å². The van der Waals surface area contributed by atoms with Crippen LogP contribution in [0.25, 0.3) is 27.9 Å². The largest absolute Gasteiger partial charge is 0.469 e. The van der Waals surface area contributed by atoms with Gasteiger partial charge in [0.15, 0.2) is 0 Å². The maximum Gasteiger partial charge on any atom is 0.307 e. The van der Waals surface area contributed by atoms with Crippen molar-refractivity contribution in [3.05, 3.63) is 83.4 Å². The third-order valence-corrected chi connectivity index (χ3v) is 4.66. The van der Waals surface area contributed by atoms with Gasteiger partial charge in [-0.1, -0.05) is 36.4 Å². The zero-order valence-electron chi connectivity index (χ0n) is 15.4. The summed E-state index contributed by atoms with van der Waals surface area (Å²) < 4.78 is 7.97. The van der Waals surface area contributed by atoms with Crippen molar-refractivity contribution in [1.82, 2.24) is 14.2 Å². The number of benzene rings is 1. The Bertz CT molecular complexity index is 1190. The number of carbonyl (C=O) groups excluding carboxylic acids is 1. The van der Waals surface area contributed by atoms with Gasteiger partial charge in [0.25, 0.3) is 5.56 Å². The van der Waals surface area contributed by atoms with E-state index in [1.54, 1.807) is 12.3 Å². The molecular weight excluding hydrogens is 354 g/mol. The molecule has 6 heteroatoms. The van der Waals surface area contributed by atoms with Crippen molar-refractivity contribution in [3.8, 4) is 22.4 Å². The van der Waals surface area contributed by atoms with Crippen molar-refractivity contribution < 1.29 is 9.53 Å². The molecule has 0 aliphatic rings. The number of carbonyl (C=O) groups is 1. The van der Waals surface area contributed by atoms with E-state index in [2.05, 4.69) is 4.74 Å². The van der Waals surface area contributed by atoms with Crippen LogP contribution < -0.4 is 5.56 Å². The quantitative estimate of drug-likeness (QED) is 0.503. The lowest BCUT2D eigenvalue weighted by Crippen LogP contribution is -2.20. The molecular formula is C22H19N3O3. The van der Waals surface area contributed by atoms with Gasteiger partial charge in [-0.25, -0.2) is 4.52 Å². The van der Waals surface area contributed by atoms with E-state index in [4.69, 9.17) is 5.10 Å². The number of aromatic nitrogens is 3. The summed E-state index contributed by atoms with van der Waals surface area (Å²) in [5.41, 5.74) is 4.25. The molecule has 28 heavy (non-hydrogen) atoms. The van der Waals surface area contributed by atoms with Gasteiger partial charge in [-0.3, -0.25) is 9.59 Å². The second-order valence-corrected chi connectivity index (χ2v) is 6.39. The normalized spacial score (nSPS) is 10.9. The maximum absolute atomic E-state index is 12.6. The van der Waals surface area contributed by atoms with E-state index >= 15 is 0 Å². The Morgan fingerprint density at radius 1 is 1.00 bits per heavy atom. The fourth-order valence-electron chi connectivity index (χ4n) is 3.24. The molecule has 0 spiro atoms.